The molecule has 1 aromatic rings. The summed E-state index contributed by atoms with van der Waals surface area (Å²) in [5, 5.41) is 3.43. The number of rotatable bonds is 18. The minimum atomic E-state index is 0.351. The minimum absolute atomic E-state index is 0.351. The molecule has 1 saturated heterocycles. The van der Waals surface area contributed by atoms with Crippen LogP contribution in [-0.2, 0) is 24.0 Å². The smallest absolute Gasteiger partial charge is 0.119 e. The Morgan fingerprint density at radius 2 is 1.40 bits per heavy atom. The van der Waals surface area contributed by atoms with Crippen molar-refractivity contribution in [2.45, 2.75) is 18.9 Å². The lowest BCUT2D eigenvalue weighted by atomic mass is 10.1. The van der Waals surface area contributed by atoms with Crippen molar-refractivity contribution in [3.8, 4) is 5.75 Å². The van der Waals surface area contributed by atoms with Gasteiger partial charge in [0.2, 0.25) is 0 Å². The third-order valence-electron chi connectivity index (χ3n) is 4.94. The molecule has 8 heteroatoms. The molecule has 172 valence electrons. The first-order valence-electron chi connectivity index (χ1n) is 10.8. The number of hydrogen-bond acceptors (Lipinski definition) is 8. The number of nitrogens with zero attached hydrogens (tertiary/aromatic N) is 1. The number of benzene rings is 1. The van der Waals surface area contributed by atoms with Crippen LogP contribution in [0, 0.1) is 0 Å². The fourth-order valence-corrected chi connectivity index (χ4v) is 3.32. The van der Waals surface area contributed by atoms with Crippen LogP contribution < -0.4 is 10.1 Å². The zero-order valence-electron chi connectivity index (χ0n) is 18.5. The maximum absolute atomic E-state index is 5.76. The molecule has 1 fully saturated rings. The molecule has 1 heterocycles. The highest BCUT2D eigenvalue weighted by Crippen LogP contribution is 2.20. The maximum atomic E-state index is 5.76. The van der Waals surface area contributed by atoms with Gasteiger partial charge in [-0.15, -0.1) is 0 Å². The van der Waals surface area contributed by atoms with Crippen LogP contribution >= 0.6 is 0 Å². The van der Waals surface area contributed by atoms with Crippen molar-refractivity contribution in [3.05, 3.63) is 29.8 Å². The Bertz CT molecular complexity index is 525. The highest BCUT2D eigenvalue weighted by Gasteiger charge is 2.17. The average molecular weight is 427 g/mol. The van der Waals surface area contributed by atoms with Crippen LogP contribution in [0.2, 0.25) is 0 Å². The van der Waals surface area contributed by atoms with Crippen molar-refractivity contribution in [2.24, 2.45) is 0 Å². The number of hydrogen-bond donors (Lipinski definition) is 1. The van der Waals surface area contributed by atoms with Gasteiger partial charge in [-0.05, 0) is 50.7 Å². The van der Waals surface area contributed by atoms with Crippen molar-refractivity contribution in [2.75, 3.05) is 86.6 Å². The molecule has 1 atom stereocenters. The van der Waals surface area contributed by atoms with Gasteiger partial charge in [-0.3, -0.25) is 0 Å². The minimum Gasteiger partial charge on any atom is -0.491 e. The van der Waals surface area contributed by atoms with E-state index in [1.165, 1.54) is 38.6 Å². The van der Waals surface area contributed by atoms with Crippen LogP contribution in [0.25, 0.3) is 0 Å². The third kappa shape index (κ3) is 10.7. The molecule has 0 aliphatic carbocycles. The van der Waals surface area contributed by atoms with Crippen LogP contribution in [0.4, 0.5) is 0 Å². The second-order valence-electron chi connectivity index (χ2n) is 7.09. The quantitative estimate of drug-likeness (QED) is 0.217. The number of likely N-dealkylation sites (N-methyl/N-ethyl adjacent to an activating group) is 1. The molecule has 30 heavy (non-hydrogen) atoms. The molecule has 1 unspecified atom stereocenters. The summed E-state index contributed by atoms with van der Waals surface area (Å²) in [6.07, 6.45) is 2.63. The second-order valence-corrected chi connectivity index (χ2v) is 7.09. The molecular weight excluding hydrogens is 388 g/mol. The van der Waals surface area contributed by atoms with Crippen molar-refractivity contribution < 1.29 is 28.7 Å². The van der Waals surface area contributed by atoms with E-state index in [4.69, 9.17) is 23.8 Å². The van der Waals surface area contributed by atoms with Crippen LogP contribution in [0.15, 0.2) is 24.3 Å². The van der Waals surface area contributed by atoms with Crippen molar-refractivity contribution in [1.29, 1.82) is 0 Å². The Kier molecular flexibility index (Phi) is 13.7. The number of nitrogens with one attached hydrogen (secondary N) is 1. The molecule has 1 aliphatic heterocycles. The van der Waals surface area contributed by atoms with Crippen molar-refractivity contribution >= 4 is 0 Å². The summed E-state index contributed by atoms with van der Waals surface area (Å²) >= 11 is 0. The lowest BCUT2D eigenvalue weighted by Crippen LogP contribution is -2.31. The Morgan fingerprint density at radius 1 is 0.833 bits per heavy atom. The summed E-state index contributed by atoms with van der Waals surface area (Å²) in [6.45, 7) is 7.56. The standard InChI is InChI=1S/C22H38N2O6/c1-23-22(19-24-9-3-4-10-24)20-5-7-21(8-6-20)29-17-15-27-13-11-26-12-14-28-16-18-30-25-2/h5-8,22-23H,3-4,9-19H2,1-2H3. The third-order valence-corrected chi connectivity index (χ3v) is 4.94. The zero-order valence-corrected chi connectivity index (χ0v) is 18.5. The molecular formula is C22H38N2O6. The summed E-state index contributed by atoms with van der Waals surface area (Å²) in [4.78, 5) is 11.7. The van der Waals surface area contributed by atoms with Crippen molar-refractivity contribution in [3.63, 3.8) is 0 Å². The van der Waals surface area contributed by atoms with E-state index in [0.29, 0.717) is 58.9 Å². The van der Waals surface area contributed by atoms with E-state index in [1.54, 1.807) is 0 Å². The Labute approximate surface area is 180 Å². The molecule has 1 aliphatic rings. The van der Waals surface area contributed by atoms with Gasteiger partial charge in [-0.25, -0.2) is 9.78 Å². The monoisotopic (exact) mass is 426 g/mol. The van der Waals surface area contributed by atoms with E-state index >= 15 is 0 Å². The first-order valence-corrected chi connectivity index (χ1v) is 10.8. The lowest BCUT2D eigenvalue weighted by Gasteiger charge is -2.23. The van der Waals surface area contributed by atoms with Gasteiger partial charge in [-0.1, -0.05) is 12.1 Å². The van der Waals surface area contributed by atoms with E-state index in [2.05, 4.69) is 27.2 Å². The molecule has 1 N–H and O–H groups in total. The van der Waals surface area contributed by atoms with E-state index in [1.807, 2.05) is 19.2 Å². The summed E-state index contributed by atoms with van der Waals surface area (Å²) in [7, 11) is 3.50. The van der Waals surface area contributed by atoms with Crippen LogP contribution in [0.3, 0.4) is 0 Å². The van der Waals surface area contributed by atoms with Gasteiger partial charge in [0, 0.05) is 12.6 Å². The van der Waals surface area contributed by atoms with Gasteiger partial charge in [0.25, 0.3) is 0 Å². The Hall–Kier alpha value is -1.26. The average Bonchev–Trinajstić information content (AvgIpc) is 3.29. The molecule has 0 amide bonds. The predicted molar refractivity (Wildman–Crippen MR) is 115 cm³/mol. The predicted octanol–water partition coefficient (Wildman–Crippen LogP) is 2.05. The fraction of sp³-hybridized carbons (Fsp3) is 0.727. The SMILES string of the molecule is CNC(CN1CCCC1)c1ccc(OCCOCCOCCOCCOOC)cc1. The van der Waals surface area contributed by atoms with E-state index in [-0.39, 0.29) is 0 Å². The van der Waals surface area contributed by atoms with Gasteiger partial charge in [-0.2, -0.15) is 0 Å². The molecule has 0 aromatic heterocycles. The Balaban J connectivity index is 1.47. The molecule has 8 nitrogen and oxygen atoms in total. The second kappa shape index (κ2) is 16.4. The lowest BCUT2D eigenvalue weighted by molar-refractivity contribution is -0.277. The maximum Gasteiger partial charge on any atom is 0.119 e. The molecule has 1 aromatic carbocycles. The summed E-state index contributed by atoms with van der Waals surface area (Å²) in [5.74, 6) is 0.865. The normalized spacial score (nSPS) is 15.5. The first kappa shape index (κ1) is 25.0. The van der Waals surface area contributed by atoms with Gasteiger partial charge < -0.3 is 29.2 Å². The number of likely N-dealkylation sites (tertiary alicyclic amines) is 1. The highest BCUT2D eigenvalue weighted by molar-refractivity contribution is 5.29. The molecule has 0 radical (unpaired) electrons. The largest absolute Gasteiger partial charge is 0.491 e. The van der Waals surface area contributed by atoms with Crippen LogP contribution in [-0.4, -0.2) is 91.5 Å². The van der Waals surface area contributed by atoms with E-state index in [0.717, 1.165) is 12.3 Å². The van der Waals surface area contributed by atoms with Gasteiger partial charge in [0.15, 0.2) is 0 Å². The van der Waals surface area contributed by atoms with E-state index < -0.39 is 0 Å². The van der Waals surface area contributed by atoms with Crippen LogP contribution in [0.1, 0.15) is 24.4 Å². The molecule has 0 spiro atoms. The van der Waals surface area contributed by atoms with Crippen LogP contribution in [0.5, 0.6) is 5.75 Å². The van der Waals surface area contributed by atoms with Crippen molar-refractivity contribution in [1.82, 2.24) is 10.2 Å². The molecule has 0 saturated carbocycles. The molecule has 0 bridgehead atoms. The zero-order chi connectivity index (χ0) is 21.3. The Morgan fingerprint density at radius 3 is 1.97 bits per heavy atom. The van der Waals surface area contributed by atoms with Gasteiger partial charge in [0.05, 0.1) is 46.8 Å². The van der Waals surface area contributed by atoms with Gasteiger partial charge in [0.1, 0.15) is 19.0 Å². The number of ether oxygens (including phenoxy) is 4. The summed E-state index contributed by atoms with van der Waals surface area (Å²) < 4.78 is 22.0. The first-order chi connectivity index (χ1) is 14.8. The van der Waals surface area contributed by atoms with Gasteiger partial charge >= 0.3 is 0 Å². The topological polar surface area (TPSA) is 70.7 Å². The van der Waals surface area contributed by atoms with E-state index in [9.17, 15) is 0 Å². The summed E-state index contributed by atoms with van der Waals surface area (Å²) in [6, 6.07) is 8.70. The highest BCUT2D eigenvalue weighted by atomic mass is 17.2. The molecule has 2 rings (SSSR count). The fourth-order valence-electron chi connectivity index (χ4n) is 3.32. The summed E-state index contributed by atoms with van der Waals surface area (Å²) in [5.41, 5.74) is 1.29.